The van der Waals surface area contributed by atoms with E-state index >= 15 is 0 Å². The van der Waals surface area contributed by atoms with Crippen LogP contribution in [0.4, 0.5) is 13.2 Å². The molecule has 32 heavy (non-hydrogen) atoms. The number of alkyl halides is 3. The molecule has 4 rings (SSSR count). The summed E-state index contributed by atoms with van der Waals surface area (Å²) in [6.07, 6.45) is -2.76. The number of ether oxygens (including phenoxy) is 1. The molecule has 12 heteroatoms. The van der Waals surface area contributed by atoms with Crippen LogP contribution >= 0.6 is 11.8 Å². The summed E-state index contributed by atoms with van der Waals surface area (Å²) in [6, 6.07) is 5.04. The van der Waals surface area contributed by atoms with Crippen LogP contribution in [0.2, 0.25) is 0 Å². The van der Waals surface area contributed by atoms with E-state index in [1.807, 2.05) is 0 Å². The average molecular weight is 468 g/mol. The number of rotatable bonds is 6. The fourth-order valence-corrected chi connectivity index (χ4v) is 4.13. The van der Waals surface area contributed by atoms with Gasteiger partial charge in [0.15, 0.2) is 11.9 Å². The molecule has 0 bridgehead atoms. The van der Waals surface area contributed by atoms with Crippen molar-refractivity contribution < 1.29 is 33.2 Å². The van der Waals surface area contributed by atoms with Crippen LogP contribution in [0, 0.1) is 0 Å². The van der Waals surface area contributed by atoms with Crippen LogP contribution in [0.25, 0.3) is 17.1 Å². The van der Waals surface area contributed by atoms with E-state index in [1.165, 1.54) is 35.0 Å². The van der Waals surface area contributed by atoms with Gasteiger partial charge in [-0.2, -0.15) is 18.3 Å². The summed E-state index contributed by atoms with van der Waals surface area (Å²) < 4.78 is 45.3. The molecule has 1 fully saturated rings. The van der Waals surface area contributed by atoms with Gasteiger partial charge in [0.25, 0.3) is 0 Å². The topological polar surface area (TPSA) is 114 Å². The Kier molecular flexibility index (Phi) is 6.49. The van der Waals surface area contributed by atoms with Crippen LogP contribution in [0.1, 0.15) is 17.4 Å². The first kappa shape index (κ1) is 22.7. The molecule has 2 aromatic heterocycles. The lowest BCUT2D eigenvalue weighted by Gasteiger charge is -2.15. The zero-order valence-corrected chi connectivity index (χ0v) is 17.2. The summed E-state index contributed by atoms with van der Waals surface area (Å²) in [5.74, 6) is 0.432. The van der Waals surface area contributed by atoms with Crippen LogP contribution < -0.4 is 0 Å². The van der Waals surface area contributed by atoms with E-state index in [0.29, 0.717) is 27.4 Å². The highest BCUT2D eigenvalue weighted by atomic mass is 32.2. The summed E-state index contributed by atoms with van der Waals surface area (Å²) >= 11 is 1.34. The Morgan fingerprint density at radius 3 is 2.72 bits per heavy atom. The van der Waals surface area contributed by atoms with Crippen molar-refractivity contribution in [1.82, 2.24) is 19.7 Å². The first-order valence-corrected chi connectivity index (χ1v) is 10.6. The number of thioether (sulfide) groups is 1. The van der Waals surface area contributed by atoms with Gasteiger partial charge in [0, 0.05) is 5.75 Å². The molecule has 3 heterocycles. The molecule has 1 saturated heterocycles. The van der Waals surface area contributed by atoms with E-state index in [-0.39, 0.29) is 0 Å². The second-order valence-electron chi connectivity index (χ2n) is 7.07. The minimum absolute atomic E-state index is 0.374. The molecule has 170 valence electrons. The number of aliphatic hydroxyl groups is 3. The van der Waals surface area contributed by atoms with Gasteiger partial charge in [-0.3, -0.25) is 0 Å². The lowest BCUT2D eigenvalue weighted by Crippen LogP contribution is -2.33. The number of hydrogen-bond acceptors (Lipinski definition) is 8. The first-order chi connectivity index (χ1) is 15.3. The van der Waals surface area contributed by atoms with Crippen LogP contribution in [-0.4, -0.2) is 65.7 Å². The average Bonchev–Trinajstić information content (AvgIpc) is 3.32. The van der Waals surface area contributed by atoms with Crippen molar-refractivity contribution in [3.8, 4) is 0 Å². The number of nitrogens with zero attached hydrogens (tertiary/aromatic N) is 4. The Morgan fingerprint density at radius 1 is 1.19 bits per heavy atom. The van der Waals surface area contributed by atoms with Gasteiger partial charge in [0.1, 0.15) is 29.7 Å². The molecular formula is C20H19F3N4O4S. The SMILES string of the molecule is OCC1OC(n2ncc3c(SC/C=C/c4cccc(C(F)(F)F)c4)ncnc32)C(O)C1O. The molecule has 0 amide bonds. The Hall–Kier alpha value is -2.51. The van der Waals surface area contributed by atoms with E-state index in [1.54, 1.807) is 18.2 Å². The highest BCUT2D eigenvalue weighted by Gasteiger charge is 2.44. The maximum Gasteiger partial charge on any atom is 0.416 e. The Bertz CT molecular complexity index is 1120. The third-order valence-corrected chi connectivity index (χ3v) is 5.91. The summed E-state index contributed by atoms with van der Waals surface area (Å²) in [4.78, 5) is 8.41. The lowest BCUT2D eigenvalue weighted by atomic mass is 10.1. The number of benzene rings is 1. The molecule has 4 unspecified atom stereocenters. The quantitative estimate of drug-likeness (QED) is 0.373. The Labute approximate surface area is 184 Å². The lowest BCUT2D eigenvalue weighted by molar-refractivity contribution is -0.137. The van der Waals surface area contributed by atoms with Gasteiger partial charge in [-0.05, 0) is 17.7 Å². The third kappa shape index (κ3) is 4.50. The van der Waals surface area contributed by atoms with Gasteiger partial charge < -0.3 is 20.1 Å². The molecule has 1 aliphatic rings. The maximum absolute atomic E-state index is 12.8. The van der Waals surface area contributed by atoms with Crippen molar-refractivity contribution in [2.45, 2.75) is 35.7 Å². The molecule has 3 aromatic rings. The molecule has 0 saturated carbocycles. The minimum Gasteiger partial charge on any atom is -0.394 e. The monoisotopic (exact) mass is 468 g/mol. The van der Waals surface area contributed by atoms with Crippen molar-refractivity contribution in [1.29, 1.82) is 0 Å². The highest BCUT2D eigenvalue weighted by molar-refractivity contribution is 7.99. The normalized spacial score (nSPS) is 24.1. The Balaban J connectivity index is 1.48. The number of halogens is 3. The molecule has 0 spiro atoms. The third-order valence-electron chi connectivity index (χ3n) is 4.95. The van der Waals surface area contributed by atoms with Crippen molar-refractivity contribution in [2.75, 3.05) is 12.4 Å². The molecule has 8 nitrogen and oxygen atoms in total. The zero-order valence-electron chi connectivity index (χ0n) is 16.4. The van der Waals surface area contributed by atoms with E-state index in [9.17, 15) is 28.5 Å². The minimum atomic E-state index is -4.39. The van der Waals surface area contributed by atoms with E-state index in [0.717, 1.165) is 12.1 Å². The van der Waals surface area contributed by atoms with Crippen LogP contribution in [0.15, 0.2) is 47.9 Å². The Morgan fingerprint density at radius 2 is 2.00 bits per heavy atom. The zero-order chi connectivity index (χ0) is 22.9. The van der Waals surface area contributed by atoms with Crippen molar-refractivity contribution in [3.05, 3.63) is 54.0 Å². The van der Waals surface area contributed by atoms with Gasteiger partial charge in [-0.25, -0.2) is 14.6 Å². The van der Waals surface area contributed by atoms with Crippen LogP contribution in [-0.2, 0) is 10.9 Å². The largest absolute Gasteiger partial charge is 0.416 e. The number of aromatic nitrogens is 4. The highest BCUT2D eigenvalue weighted by Crippen LogP contribution is 2.33. The van der Waals surface area contributed by atoms with E-state index < -0.39 is 42.9 Å². The van der Waals surface area contributed by atoms with E-state index in [4.69, 9.17) is 4.74 Å². The smallest absolute Gasteiger partial charge is 0.394 e. The number of aliphatic hydroxyl groups excluding tert-OH is 3. The molecule has 1 aliphatic heterocycles. The predicted octanol–water partition coefficient (Wildman–Crippen LogP) is 2.26. The second-order valence-corrected chi connectivity index (χ2v) is 8.08. The molecule has 1 aromatic carbocycles. The second kappa shape index (κ2) is 9.16. The van der Waals surface area contributed by atoms with Gasteiger partial charge in [0.2, 0.25) is 0 Å². The van der Waals surface area contributed by atoms with Crippen LogP contribution in [0.5, 0.6) is 0 Å². The van der Waals surface area contributed by atoms with Crippen molar-refractivity contribution >= 4 is 28.9 Å². The van der Waals surface area contributed by atoms with Crippen molar-refractivity contribution in [2.24, 2.45) is 0 Å². The molecule has 0 aliphatic carbocycles. The first-order valence-electron chi connectivity index (χ1n) is 9.57. The van der Waals surface area contributed by atoms with Gasteiger partial charge in [-0.15, -0.1) is 11.8 Å². The van der Waals surface area contributed by atoms with Crippen LogP contribution in [0.3, 0.4) is 0 Å². The maximum atomic E-state index is 12.8. The molecular weight excluding hydrogens is 449 g/mol. The van der Waals surface area contributed by atoms with Gasteiger partial charge in [0.05, 0.1) is 23.8 Å². The summed E-state index contributed by atoms with van der Waals surface area (Å²) in [5, 5.41) is 34.8. The van der Waals surface area contributed by atoms with Gasteiger partial charge in [-0.1, -0.05) is 24.3 Å². The fourth-order valence-electron chi connectivity index (χ4n) is 3.35. The number of hydrogen-bond donors (Lipinski definition) is 3. The predicted molar refractivity (Wildman–Crippen MR) is 110 cm³/mol. The van der Waals surface area contributed by atoms with Gasteiger partial charge >= 0.3 is 6.18 Å². The molecule has 3 N–H and O–H groups in total. The standard InChI is InChI=1S/C20H19F3N4O4S/c21-20(22,23)12-5-1-3-11(7-12)4-2-6-32-18-13-8-26-27(17(13)24-10-25-18)19-16(30)15(29)14(9-28)31-19/h1-5,7-8,10,14-16,19,28-30H,6,9H2/b4-2+. The fraction of sp³-hybridized carbons (Fsp3) is 0.350. The number of fused-ring (bicyclic) bond motifs is 1. The van der Waals surface area contributed by atoms with E-state index in [2.05, 4.69) is 15.1 Å². The molecule has 4 atom stereocenters. The summed E-state index contributed by atoms with van der Waals surface area (Å²) in [7, 11) is 0. The summed E-state index contributed by atoms with van der Waals surface area (Å²) in [5.41, 5.74) is 0.103. The molecule has 0 radical (unpaired) electrons. The summed E-state index contributed by atoms with van der Waals surface area (Å²) in [6.45, 7) is -0.456. The van der Waals surface area contributed by atoms with Crippen molar-refractivity contribution in [3.63, 3.8) is 0 Å².